The second-order valence-electron chi connectivity index (χ2n) is 3.56. The molecule has 0 N–H and O–H groups in total. The van der Waals surface area contributed by atoms with Gasteiger partial charge in [0.25, 0.3) is 0 Å². The molecular weight excluding hydrogens is 272 g/mol. The standard InChI is InChI=1S/C12H13ClN2O4/c1-16-8-4-7(5-9(17-2)11(8)18-3)12-14-10(6-13)19-15-12/h4-5H,6H2,1-3H3. The Bertz CT molecular complexity index is 546. The normalized spacial score (nSPS) is 10.3. The van der Waals surface area contributed by atoms with Crippen molar-refractivity contribution in [1.29, 1.82) is 0 Å². The molecule has 1 aromatic carbocycles. The van der Waals surface area contributed by atoms with Gasteiger partial charge in [0.15, 0.2) is 11.5 Å². The van der Waals surface area contributed by atoms with Crippen LogP contribution in [0.2, 0.25) is 0 Å². The van der Waals surface area contributed by atoms with Gasteiger partial charge in [0.05, 0.1) is 21.3 Å². The van der Waals surface area contributed by atoms with Crippen molar-refractivity contribution in [2.45, 2.75) is 5.88 Å². The van der Waals surface area contributed by atoms with Crippen molar-refractivity contribution in [3.05, 3.63) is 18.0 Å². The molecule has 1 aromatic heterocycles. The Morgan fingerprint density at radius 3 is 2.16 bits per heavy atom. The van der Waals surface area contributed by atoms with Crippen LogP contribution in [-0.2, 0) is 5.88 Å². The number of rotatable bonds is 5. The van der Waals surface area contributed by atoms with Gasteiger partial charge in [-0.3, -0.25) is 0 Å². The van der Waals surface area contributed by atoms with E-state index < -0.39 is 0 Å². The van der Waals surface area contributed by atoms with Gasteiger partial charge >= 0.3 is 0 Å². The van der Waals surface area contributed by atoms with E-state index in [-0.39, 0.29) is 5.88 Å². The Hall–Kier alpha value is -1.95. The van der Waals surface area contributed by atoms with Crippen molar-refractivity contribution in [2.24, 2.45) is 0 Å². The highest BCUT2D eigenvalue weighted by molar-refractivity contribution is 6.16. The zero-order chi connectivity index (χ0) is 13.8. The van der Waals surface area contributed by atoms with Crippen molar-refractivity contribution in [3.63, 3.8) is 0 Å². The Morgan fingerprint density at radius 2 is 1.74 bits per heavy atom. The van der Waals surface area contributed by atoms with E-state index >= 15 is 0 Å². The third kappa shape index (κ3) is 2.58. The molecule has 0 radical (unpaired) electrons. The van der Waals surface area contributed by atoms with Gasteiger partial charge in [-0.05, 0) is 12.1 Å². The summed E-state index contributed by atoms with van der Waals surface area (Å²) in [5.41, 5.74) is 0.689. The molecule has 0 aliphatic heterocycles. The van der Waals surface area contributed by atoms with Gasteiger partial charge in [-0.2, -0.15) is 4.98 Å². The average Bonchev–Trinajstić information content (AvgIpc) is 2.94. The molecule has 0 amide bonds. The monoisotopic (exact) mass is 284 g/mol. The fraction of sp³-hybridized carbons (Fsp3) is 0.333. The van der Waals surface area contributed by atoms with Crippen LogP contribution >= 0.6 is 11.6 Å². The summed E-state index contributed by atoms with van der Waals surface area (Å²) in [6, 6.07) is 3.48. The maximum Gasteiger partial charge on any atom is 0.241 e. The third-order valence-corrected chi connectivity index (χ3v) is 2.73. The first-order chi connectivity index (χ1) is 9.23. The molecule has 0 aliphatic carbocycles. The lowest BCUT2D eigenvalue weighted by Crippen LogP contribution is -1.96. The van der Waals surface area contributed by atoms with Crippen LogP contribution < -0.4 is 14.2 Å². The molecule has 0 unspecified atom stereocenters. The SMILES string of the molecule is COc1cc(-c2noc(CCl)n2)cc(OC)c1OC. The summed E-state index contributed by atoms with van der Waals surface area (Å²) in [5.74, 6) is 2.48. The number of hydrogen-bond donors (Lipinski definition) is 0. The Labute approximate surface area is 115 Å². The van der Waals surface area contributed by atoms with E-state index in [9.17, 15) is 0 Å². The smallest absolute Gasteiger partial charge is 0.241 e. The van der Waals surface area contributed by atoms with E-state index in [0.29, 0.717) is 34.5 Å². The molecule has 1 heterocycles. The van der Waals surface area contributed by atoms with Gasteiger partial charge in [0.1, 0.15) is 5.88 Å². The first-order valence-electron chi connectivity index (χ1n) is 5.42. The van der Waals surface area contributed by atoms with Crippen LogP contribution in [0.15, 0.2) is 16.7 Å². The summed E-state index contributed by atoms with van der Waals surface area (Å²) in [7, 11) is 4.63. The predicted octanol–water partition coefficient (Wildman–Crippen LogP) is 2.50. The molecule has 7 heteroatoms. The van der Waals surface area contributed by atoms with Crippen molar-refractivity contribution in [2.75, 3.05) is 21.3 Å². The molecule has 0 spiro atoms. The minimum atomic E-state index is 0.164. The maximum atomic E-state index is 5.63. The largest absolute Gasteiger partial charge is 0.493 e. The Kier molecular flexibility index (Phi) is 4.11. The lowest BCUT2D eigenvalue weighted by molar-refractivity contribution is 0.324. The highest BCUT2D eigenvalue weighted by Crippen LogP contribution is 2.40. The molecule has 2 rings (SSSR count). The van der Waals surface area contributed by atoms with E-state index in [1.54, 1.807) is 33.5 Å². The van der Waals surface area contributed by atoms with Gasteiger partial charge in [-0.15, -0.1) is 11.6 Å². The van der Waals surface area contributed by atoms with Crippen molar-refractivity contribution in [3.8, 4) is 28.6 Å². The molecule has 0 fully saturated rings. The summed E-state index contributed by atoms with van der Waals surface area (Å²) in [4.78, 5) is 4.14. The lowest BCUT2D eigenvalue weighted by Gasteiger charge is -2.12. The van der Waals surface area contributed by atoms with Gasteiger partial charge < -0.3 is 18.7 Å². The van der Waals surface area contributed by atoms with Crippen LogP contribution in [0, 0.1) is 0 Å². The molecule has 6 nitrogen and oxygen atoms in total. The first kappa shape index (κ1) is 13.5. The fourth-order valence-electron chi connectivity index (χ4n) is 1.64. The van der Waals surface area contributed by atoms with Gasteiger partial charge in [0.2, 0.25) is 17.5 Å². The van der Waals surface area contributed by atoms with Crippen molar-refractivity contribution in [1.82, 2.24) is 10.1 Å². The number of halogens is 1. The van der Waals surface area contributed by atoms with Crippen LogP contribution in [0.25, 0.3) is 11.4 Å². The Balaban J connectivity index is 2.51. The topological polar surface area (TPSA) is 66.6 Å². The van der Waals surface area contributed by atoms with E-state index in [0.717, 1.165) is 0 Å². The zero-order valence-corrected chi connectivity index (χ0v) is 11.5. The van der Waals surface area contributed by atoms with Gasteiger partial charge in [0, 0.05) is 5.56 Å². The number of benzene rings is 1. The highest BCUT2D eigenvalue weighted by atomic mass is 35.5. The van der Waals surface area contributed by atoms with E-state index in [1.165, 1.54) is 0 Å². The van der Waals surface area contributed by atoms with Crippen LogP contribution in [0.5, 0.6) is 17.2 Å². The summed E-state index contributed by atoms with van der Waals surface area (Å²) >= 11 is 5.63. The van der Waals surface area contributed by atoms with E-state index in [2.05, 4.69) is 10.1 Å². The molecule has 0 saturated carbocycles. The van der Waals surface area contributed by atoms with Crippen LogP contribution in [0.1, 0.15) is 5.89 Å². The molecule has 102 valence electrons. The number of ether oxygens (including phenoxy) is 3. The van der Waals surface area contributed by atoms with Gasteiger partial charge in [-0.1, -0.05) is 5.16 Å². The summed E-state index contributed by atoms with van der Waals surface area (Å²) < 4.78 is 20.7. The summed E-state index contributed by atoms with van der Waals surface area (Å²) in [6.45, 7) is 0. The van der Waals surface area contributed by atoms with Crippen LogP contribution in [-0.4, -0.2) is 31.5 Å². The number of aromatic nitrogens is 2. The number of hydrogen-bond acceptors (Lipinski definition) is 6. The quantitative estimate of drug-likeness (QED) is 0.786. The molecule has 2 aromatic rings. The predicted molar refractivity (Wildman–Crippen MR) is 68.9 cm³/mol. The first-order valence-corrected chi connectivity index (χ1v) is 5.95. The molecule has 0 atom stereocenters. The van der Waals surface area contributed by atoms with Crippen LogP contribution in [0.3, 0.4) is 0 Å². The minimum Gasteiger partial charge on any atom is -0.493 e. The Morgan fingerprint density at radius 1 is 1.11 bits per heavy atom. The average molecular weight is 285 g/mol. The molecule has 0 saturated heterocycles. The number of nitrogens with zero attached hydrogens (tertiary/aromatic N) is 2. The summed E-state index contributed by atoms with van der Waals surface area (Å²) in [5, 5.41) is 3.84. The summed E-state index contributed by atoms with van der Waals surface area (Å²) in [6.07, 6.45) is 0. The molecule has 0 bridgehead atoms. The fourth-order valence-corrected chi connectivity index (χ4v) is 1.75. The number of alkyl halides is 1. The zero-order valence-electron chi connectivity index (χ0n) is 10.8. The van der Waals surface area contributed by atoms with Crippen molar-refractivity contribution < 1.29 is 18.7 Å². The number of methoxy groups -OCH3 is 3. The molecule has 0 aliphatic rings. The highest BCUT2D eigenvalue weighted by Gasteiger charge is 2.16. The second-order valence-corrected chi connectivity index (χ2v) is 3.83. The molecule has 19 heavy (non-hydrogen) atoms. The van der Waals surface area contributed by atoms with E-state index in [4.69, 9.17) is 30.3 Å². The van der Waals surface area contributed by atoms with Crippen molar-refractivity contribution >= 4 is 11.6 Å². The maximum absolute atomic E-state index is 5.63. The lowest BCUT2D eigenvalue weighted by atomic mass is 10.1. The third-order valence-electron chi connectivity index (χ3n) is 2.51. The second kappa shape index (κ2) is 5.79. The van der Waals surface area contributed by atoms with Crippen LogP contribution in [0.4, 0.5) is 0 Å². The van der Waals surface area contributed by atoms with Gasteiger partial charge in [-0.25, -0.2) is 0 Å². The minimum absolute atomic E-state index is 0.164. The molecular formula is C12H13ClN2O4. The van der Waals surface area contributed by atoms with E-state index in [1.807, 2.05) is 0 Å².